The summed E-state index contributed by atoms with van der Waals surface area (Å²) in [6.45, 7) is 3.81. The van der Waals surface area contributed by atoms with Gasteiger partial charge < -0.3 is 10.6 Å². The van der Waals surface area contributed by atoms with Crippen molar-refractivity contribution in [3.8, 4) is 5.69 Å². The van der Waals surface area contributed by atoms with Crippen molar-refractivity contribution in [1.82, 2.24) is 20.4 Å². The van der Waals surface area contributed by atoms with E-state index in [0.717, 1.165) is 37.6 Å². The Labute approximate surface area is 161 Å². The van der Waals surface area contributed by atoms with Crippen molar-refractivity contribution in [2.75, 3.05) is 20.1 Å². The first-order valence-corrected chi connectivity index (χ1v) is 9.33. The summed E-state index contributed by atoms with van der Waals surface area (Å²) in [5.41, 5.74) is 4.99. The van der Waals surface area contributed by atoms with Gasteiger partial charge in [0, 0.05) is 32.5 Å². The van der Waals surface area contributed by atoms with Gasteiger partial charge in [-0.15, -0.1) is 0 Å². The predicted octanol–water partition coefficient (Wildman–Crippen LogP) is 3.13. The first-order chi connectivity index (χ1) is 13.2. The minimum atomic E-state index is 0.839. The summed E-state index contributed by atoms with van der Waals surface area (Å²) in [4.78, 5) is 4.30. The van der Waals surface area contributed by atoms with Crippen molar-refractivity contribution >= 4 is 5.96 Å². The number of hydrogen-bond acceptors (Lipinski definition) is 2. The lowest BCUT2D eigenvalue weighted by Gasteiger charge is -2.12. The van der Waals surface area contributed by atoms with E-state index in [-0.39, 0.29) is 0 Å². The summed E-state index contributed by atoms with van der Waals surface area (Å²) in [5, 5.41) is 11.0. The summed E-state index contributed by atoms with van der Waals surface area (Å²) >= 11 is 0. The Bertz CT molecular complexity index is 833. The van der Waals surface area contributed by atoms with E-state index in [1.54, 1.807) is 13.2 Å². The average molecular weight is 361 g/mol. The van der Waals surface area contributed by atoms with Crippen LogP contribution in [-0.4, -0.2) is 35.9 Å². The lowest BCUT2D eigenvalue weighted by molar-refractivity contribution is 0.783. The average Bonchev–Trinajstić information content (AvgIpc) is 3.23. The minimum absolute atomic E-state index is 0.839. The van der Waals surface area contributed by atoms with Crippen LogP contribution in [0.1, 0.15) is 16.7 Å². The molecule has 2 aromatic carbocycles. The number of nitrogens with zero attached hydrogens (tertiary/aromatic N) is 3. The fraction of sp³-hybridized carbons (Fsp3) is 0.273. The van der Waals surface area contributed by atoms with E-state index in [2.05, 4.69) is 76.2 Å². The van der Waals surface area contributed by atoms with Gasteiger partial charge >= 0.3 is 0 Å². The molecule has 0 aliphatic carbocycles. The zero-order valence-corrected chi connectivity index (χ0v) is 16.0. The third-order valence-electron chi connectivity index (χ3n) is 4.46. The number of aryl methyl sites for hydroxylation is 1. The van der Waals surface area contributed by atoms with Crippen LogP contribution in [0.3, 0.4) is 0 Å². The number of hydrogen-bond donors (Lipinski definition) is 2. The normalized spacial score (nSPS) is 11.4. The predicted molar refractivity (Wildman–Crippen MR) is 112 cm³/mol. The molecular weight excluding hydrogens is 334 g/mol. The maximum Gasteiger partial charge on any atom is 0.190 e. The van der Waals surface area contributed by atoms with E-state index in [4.69, 9.17) is 0 Å². The van der Waals surface area contributed by atoms with Gasteiger partial charge in [0.15, 0.2) is 5.96 Å². The zero-order valence-electron chi connectivity index (χ0n) is 16.0. The minimum Gasteiger partial charge on any atom is -0.356 e. The number of aliphatic imine (C=N–C) groups is 1. The van der Waals surface area contributed by atoms with Gasteiger partial charge in [-0.3, -0.25) is 4.99 Å². The molecule has 0 fully saturated rings. The van der Waals surface area contributed by atoms with Gasteiger partial charge in [-0.1, -0.05) is 42.0 Å². The van der Waals surface area contributed by atoms with Crippen molar-refractivity contribution in [2.45, 2.75) is 19.8 Å². The van der Waals surface area contributed by atoms with E-state index < -0.39 is 0 Å². The van der Waals surface area contributed by atoms with Gasteiger partial charge in [0.1, 0.15) is 0 Å². The maximum atomic E-state index is 4.30. The van der Waals surface area contributed by atoms with Crippen LogP contribution in [0.25, 0.3) is 5.69 Å². The summed E-state index contributed by atoms with van der Waals surface area (Å²) in [5.74, 6) is 0.843. The second-order valence-corrected chi connectivity index (χ2v) is 6.53. The Kier molecular flexibility index (Phi) is 6.63. The first-order valence-electron chi connectivity index (χ1n) is 9.33. The molecule has 1 aromatic heterocycles. The lowest BCUT2D eigenvalue weighted by atomic mass is 10.1. The van der Waals surface area contributed by atoms with E-state index in [1.165, 1.54) is 16.7 Å². The highest BCUT2D eigenvalue weighted by Gasteiger charge is 2.00. The highest BCUT2D eigenvalue weighted by Crippen LogP contribution is 2.08. The molecule has 0 amide bonds. The molecule has 0 unspecified atom stereocenters. The molecule has 2 N–H and O–H groups in total. The Morgan fingerprint density at radius 1 is 0.926 bits per heavy atom. The summed E-state index contributed by atoms with van der Waals surface area (Å²) < 4.78 is 1.86. The molecule has 0 saturated heterocycles. The van der Waals surface area contributed by atoms with Gasteiger partial charge in [-0.05, 0) is 49.1 Å². The van der Waals surface area contributed by atoms with E-state index in [0.29, 0.717) is 0 Å². The van der Waals surface area contributed by atoms with E-state index in [9.17, 15) is 0 Å². The second-order valence-electron chi connectivity index (χ2n) is 6.53. The van der Waals surface area contributed by atoms with Crippen molar-refractivity contribution in [1.29, 1.82) is 0 Å². The Morgan fingerprint density at radius 3 is 2.04 bits per heavy atom. The Hall–Kier alpha value is -3.08. The van der Waals surface area contributed by atoms with Crippen LogP contribution >= 0.6 is 0 Å². The molecular formula is C22H27N5. The van der Waals surface area contributed by atoms with Crippen LogP contribution in [0.5, 0.6) is 0 Å². The molecule has 0 spiro atoms. The molecule has 3 aromatic rings. The maximum absolute atomic E-state index is 4.30. The first kappa shape index (κ1) is 18.7. The van der Waals surface area contributed by atoms with E-state index in [1.807, 2.05) is 16.9 Å². The lowest BCUT2D eigenvalue weighted by Crippen LogP contribution is -2.39. The summed E-state index contributed by atoms with van der Waals surface area (Å²) in [6.07, 6.45) is 5.66. The third kappa shape index (κ3) is 5.71. The molecule has 140 valence electrons. The number of benzene rings is 2. The SMILES string of the molecule is CN=C(NCCc1ccc(C)cc1)NCCc1ccc(-n2cccn2)cc1. The molecule has 0 aliphatic heterocycles. The Balaban J connectivity index is 1.39. The van der Waals surface area contributed by atoms with Gasteiger partial charge in [-0.25, -0.2) is 4.68 Å². The molecule has 0 aliphatic rings. The third-order valence-corrected chi connectivity index (χ3v) is 4.46. The molecule has 5 heteroatoms. The monoisotopic (exact) mass is 361 g/mol. The van der Waals surface area contributed by atoms with Crippen molar-refractivity contribution < 1.29 is 0 Å². The Morgan fingerprint density at radius 2 is 1.52 bits per heavy atom. The summed E-state index contributed by atoms with van der Waals surface area (Å²) in [7, 11) is 1.81. The van der Waals surface area contributed by atoms with Crippen molar-refractivity contribution in [2.24, 2.45) is 4.99 Å². The molecule has 5 nitrogen and oxygen atoms in total. The molecule has 3 rings (SSSR count). The standard InChI is InChI=1S/C22H27N5/c1-18-4-6-19(7-5-18)12-15-24-22(23-2)25-16-13-20-8-10-21(11-9-20)27-17-3-14-26-27/h3-11,14,17H,12-13,15-16H2,1-2H3,(H2,23,24,25). The van der Waals surface area contributed by atoms with Crippen LogP contribution in [0.4, 0.5) is 0 Å². The van der Waals surface area contributed by atoms with E-state index >= 15 is 0 Å². The van der Waals surface area contributed by atoms with Crippen LogP contribution < -0.4 is 10.6 Å². The topological polar surface area (TPSA) is 54.2 Å². The molecule has 0 radical (unpaired) electrons. The molecule has 0 saturated carbocycles. The highest BCUT2D eigenvalue weighted by molar-refractivity contribution is 5.79. The fourth-order valence-corrected chi connectivity index (χ4v) is 2.86. The zero-order chi connectivity index (χ0) is 18.9. The van der Waals surface area contributed by atoms with Crippen molar-refractivity contribution in [3.63, 3.8) is 0 Å². The number of nitrogens with one attached hydrogen (secondary N) is 2. The number of guanidine groups is 1. The number of aromatic nitrogens is 2. The largest absolute Gasteiger partial charge is 0.356 e. The molecule has 1 heterocycles. The van der Waals surface area contributed by atoms with Crippen LogP contribution in [0, 0.1) is 6.92 Å². The van der Waals surface area contributed by atoms with Crippen LogP contribution in [0.15, 0.2) is 72.0 Å². The van der Waals surface area contributed by atoms with Crippen LogP contribution in [-0.2, 0) is 12.8 Å². The highest BCUT2D eigenvalue weighted by atomic mass is 15.3. The quantitative estimate of drug-likeness (QED) is 0.502. The second kappa shape index (κ2) is 9.57. The van der Waals surface area contributed by atoms with Gasteiger partial charge in [0.25, 0.3) is 0 Å². The molecule has 27 heavy (non-hydrogen) atoms. The fourth-order valence-electron chi connectivity index (χ4n) is 2.86. The summed E-state index contributed by atoms with van der Waals surface area (Å²) in [6, 6.07) is 19.1. The van der Waals surface area contributed by atoms with Crippen LogP contribution in [0.2, 0.25) is 0 Å². The smallest absolute Gasteiger partial charge is 0.190 e. The molecule has 0 bridgehead atoms. The van der Waals surface area contributed by atoms with Gasteiger partial charge in [-0.2, -0.15) is 5.10 Å². The number of rotatable bonds is 7. The van der Waals surface area contributed by atoms with Gasteiger partial charge in [0.2, 0.25) is 0 Å². The molecule has 0 atom stereocenters. The van der Waals surface area contributed by atoms with Crippen molar-refractivity contribution in [3.05, 3.63) is 83.7 Å². The van der Waals surface area contributed by atoms with Gasteiger partial charge in [0.05, 0.1) is 5.69 Å².